The number of pyridine rings is 1. The summed E-state index contributed by atoms with van der Waals surface area (Å²) in [5.41, 5.74) is 1.99. The quantitative estimate of drug-likeness (QED) is 0.783. The molecule has 0 saturated carbocycles. The molecule has 2 heterocycles. The largest absolute Gasteiger partial charge is 0.370 e. The SMILES string of the molecule is CC(C)N1CC(OCc2ccc(F)cc2)CN(Cc2cccnc2)CC1=O. The fourth-order valence-corrected chi connectivity index (χ4v) is 3.28. The summed E-state index contributed by atoms with van der Waals surface area (Å²) in [4.78, 5) is 20.8. The number of amides is 1. The lowest BCUT2D eigenvalue weighted by molar-refractivity contribution is -0.133. The van der Waals surface area contributed by atoms with Gasteiger partial charge in [0.2, 0.25) is 5.91 Å². The van der Waals surface area contributed by atoms with Gasteiger partial charge in [0, 0.05) is 38.1 Å². The van der Waals surface area contributed by atoms with E-state index in [4.69, 9.17) is 4.74 Å². The molecular weight excluding hydrogens is 345 g/mol. The first-order chi connectivity index (χ1) is 13.0. The number of hydrogen-bond acceptors (Lipinski definition) is 4. The lowest BCUT2D eigenvalue weighted by atomic mass is 10.2. The number of nitrogens with zero attached hydrogens (tertiary/aromatic N) is 3. The van der Waals surface area contributed by atoms with Crippen LogP contribution in [0.2, 0.25) is 0 Å². The average molecular weight is 371 g/mol. The summed E-state index contributed by atoms with van der Waals surface area (Å²) in [5.74, 6) is -0.144. The van der Waals surface area contributed by atoms with Gasteiger partial charge >= 0.3 is 0 Å². The first-order valence-corrected chi connectivity index (χ1v) is 9.28. The van der Waals surface area contributed by atoms with Crippen LogP contribution < -0.4 is 0 Å². The van der Waals surface area contributed by atoms with Crippen LogP contribution in [0.4, 0.5) is 4.39 Å². The second-order valence-electron chi connectivity index (χ2n) is 7.23. The van der Waals surface area contributed by atoms with Gasteiger partial charge in [-0.2, -0.15) is 0 Å². The fourth-order valence-electron chi connectivity index (χ4n) is 3.28. The second kappa shape index (κ2) is 9.06. The molecule has 1 saturated heterocycles. The molecule has 6 heteroatoms. The fraction of sp³-hybridized carbons (Fsp3) is 0.429. The van der Waals surface area contributed by atoms with E-state index in [1.807, 2.05) is 37.1 Å². The van der Waals surface area contributed by atoms with E-state index >= 15 is 0 Å². The van der Waals surface area contributed by atoms with E-state index in [0.717, 1.165) is 11.1 Å². The summed E-state index contributed by atoms with van der Waals surface area (Å²) >= 11 is 0. The van der Waals surface area contributed by atoms with E-state index in [0.29, 0.717) is 32.8 Å². The van der Waals surface area contributed by atoms with Crippen molar-refractivity contribution >= 4 is 5.91 Å². The number of benzene rings is 1. The van der Waals surface area contributed by atoms with Crippen LogP contribution in [-0.2, 0) is 22.7 Å². The van der Waals surface area contributed by atoms with Gasteiger partial charge in [0.15, 0.2) is 0 Å². The van der Waals surface area contributed by atoms with E-state index in [2.05, 4.69) is 9.88 Å². The van der Waals surface area contributed by atoms with E-state index in [1.165, 1.54) is 12.1 Å². The van der Waals surface area contributed by atoms with Gasteiger partial charge in [-0.1, -0.05) is 18.2 Å². The predicted octanol–water partition coefficient (Wildman–Crippen LogP) is 2.86. The van der Waals surface area contributed by atoms with Crippen molar-refractivity contribution in [2.45, 2.75) is 39.1 Å². The summed E-state index contributed by atoms with van der Waals surface area (Å²) < 4.78 is 19.2. The van der Waals surface area contributed by atoms with Gasteiger partial charge < -0.3 is 9.64 Å². The van der Waals surface area contributed by atoms with Crippen molar-refractivity contribution in [2.24, 2.45) is 0 Å². The molecule has 144 valence electrons. The van der Waals surface area contributed by atoms with E-state index in [-0.39, 0.29) is 23.9 Å². The number of halogens is 1. The molecule has 1 aliphatic rings. The van der Waals surface area contributed by atoms with E-state index in [1.54, 1.807) is 18.3 Å². The van der Waals surface area contributed by atoms with Crippen LogP contribution in [0, 0.1) is 5.82 Å². The van der Waals surface area contributed by atoms with Crippen molar-refractivity contribution in [1.82, 2.24) is 14.8 Å². The van der Waals surface area contributed by atoms with E-state index < -0.39 is 0 Å². The molecule has 1 aliphatic heterocycles. The van der Waals surface area contributed by atoms with Crippen LogP contribution in [0.15, 0.2) is 48.8 Å². The topological polar surface area (TPSA) is 45.7 Å². The van der Waals surface area contributed by atoms with Crippen molar-refractivity contribution in [3.8, 4) is 0 Å². The third kappa shape index (κ3) is 5.58. The average Bonchev–Trinajstić information content (AvgIpc) is 2.80. The Bertz CT molecular complexity index is 737. The molecule has 0 radical (unpaired) electrons. The Morgan fingerprint density at radius 3 is 2.63 bits per heavy atom. The number of rotatable bonds is 6. The monoisotopic (exact) mass is 371 g/mol. The molecular formula is C21H26FN3O2. The molecule has 5 nitrogen and oxygen atoms in total. The highest BCUT2D eigenvalue weighted by molar-refractivity contribution is 5.79. The minimum Gasteiger partial charge on any atom is -0.370 e. The molecule has 1 atom stereocenters. The zero-order valence-electron chi connectivity index (χ0n) is 15.8. The van der Waals surface area contributed by atoms with Gasteiger partial charge in [-0.05, 0) is 43.2 Å². The molecule has 0 bridgehead atoms. The van der Waals surface area contributed by atoms with E-state index in [9.17, 15) is 9.18 Å². The van der Waals surface area contributed by atoms with Crippen LogP contribution in [0.1, 0.15) is 25.0 Å². The lowest BCUT2D eigenvalue weighted by Gasteiger charge is -2.27. The highest BCUT2D eigenvalue weighted by Crippen LogP contribution is 2.15. The minimum atomic E-state index is -0.257. The number of ether oxygens (including phenoxy) is 1. The van der Waals surface area contributed by atoms with Gasteiger partial charge in [-0.25, -0.2) is 4.39 Å². The van der Waals surface area contributed by atoms with Crippen LogP contribution in [0.3, 0.4) is 0 Å². The van der Waals surface area contributed by atoms with Crippen molar-refractivity contribution in [3.05, 3.63) is 65.7 Å². The van der Waals surface area contributed by atoms with Crippen LogP contribution in [-0.4, -0.2) is 52.5 Å². The van der Waals surface area contributed by atoms with Crippen LogP contribution in [0.25, 0.3) is 0 Å². The summed E-state index contributed by atoms with van der Waals surface area (Å²) in [6, 6.07) is 10.4. The van der Waals surface area contributed by atoms with Crippen LogP contribution in [0.5, 0.6) is 0 Å². The summed E-state index contributed by atoms with van der Waals surface area (Å²) in [6.45, 7) is 6.67. The molecule has 1 fully saturated rings. The zero-order valence-corrected chi connectivity index (χ0v) is 15.8. The normalized spacial score (nSPS) is 18.7. The van der Waals surface area contributed by atoms with Crippen molar-refractivity contribution in [2.75, 3.05) is 19.6 Å². The maximum Gasteiger partial charge on any atom is 0.237 e. The lowest BCUT2D eigenvalue weighted by Crippen LogP contribution is -2.42. The predicted molar refractivity (Wildman–Crippen MR) is 101 cm³/mol. The van der Waals surface area contributed by atoms with Gasteiger partial charge in [-0.15, -0.1) is 0 Å². The molecule has 0 spiro atoms. The minimum absolute atomic E-state index is 0.111. The number of carbonyl (C=O) groups excluding carboxylic acids is 1. The van der Waals surface area contributed by atoms with Gasteiger partial charge in [-0.3, -0.25) is 14.7 Å². The molecule has 1 unspecified atom stereocenters. The van der Waals surface area contributed by atoms with Gasteiger partial charge in [0.1, 0.15) is 5.82 Å². The Kier molecular flexibility index (Phi) is 6.53. The Labute approximate surface area is 159 Å². The molecule has 1 amide bonds. The summed E-state index contributed by atoms with van der Waals surface area (Å²) in [5, 5.41) is 0. The summed E-state index contributed by atoms with van der Waals surface area (Å²) in [7, 11) is 0. The first-order valence-electron chi connectivity index (χ1n) is 9.28. The molecule has 1 aromatic carbocycles. The van der Waals surface area contributed by atoms with Crippen molar-refractivity contribution in [3.63, 3.8) is 0 Å². The number of carbonyl (C=O) groups is 1. The number of aromatic nitrogens is 1. The Hall–Kier alpha value is -2.31. The van der Waals surface area contributed by atoms with Gasteiger partial charge in [0.05, 0.1) is 19.3 Å². The van der Waals surface area contributed by atoms with Crippen molar-refractivity contribution in [1.29, 1.82) is 0 Å². The maximum atomic E-state index is 13.1. The molecule has 3 rings (SSSR count). The third-order valence-electron chi connectivity index (χ3n) is 4.69. The zero-order chi connectivity index (χ0) is 19.2. The molecule has 27 heavy (non-hydrogen) atoms. The molecule has 0 aliphatic carbocycles. The third-order valence-corrected chi connectivity index (χ3v) is 4.69. The maximum absolute atomic E-state index is 13.1. The smallest absolute Gasteiger partial charge is 0.237 e. The van der Waals surface area contributed by atoms with Crippen LogP contribution >= 0.6 is 0 Å². The van der Waals surface area contributed by atoms with Gasteiger partial charge in [0.25, 0.3) is 0 Å². The second-order valence-corrected chi connectivity index (χ2v) is 7.23. The van der Waals surface area contributed by atoms with Crippen molar-refractivity contribution < 1.29 is 13.9 Å². The highest BCUT2D eigenvalue weighted by atomic mass is 19.1. The molecule has 0 N–H and O–H groups in total. The Balaban J connectivity index is 1.69. The Morgan fingerprint density at radius 2 is 1.96 bits per heavy atom. The Morgan fingerprint density at radius 1 is 1.19 bits per heavy atom. The number of hydrogen-bond donors (Lipinski definition) is 0. The molecule has 2 aromatic rings. The standard InChI is InChI=1S/C21H26FN3O2/c1-16(2)25-13-20(27-15-17-5-7-19(22)8-6-17)12-24(14-21(25)26)11-18-4-3-9-23-10-18/h3-10,16,20H,11-15H2,1-2H3. The first kappa shape index (κ1) is 19.5. The molecule has 1 aromatic heterocycles. The highest BCUT2D eigenvalue weighted by Gasteiger charge is 2.29. The summed E-state index contributed by atoms with van der Waals surface area (Å²) in [6.07, 6.45) is 3.46.